The van der Waals surface area contributed by atoms with Crippen LogP contribution in [0.5, 0.6) is 0 Å². The second-order valence-corrected chi connectivity index (χ2v) is 8.01. The minimum Gasteiger partial charge on any atom is -0.252 e. The van der Waals surface area contributed by atoms with Crippen LogP contribution in [0, 0.1) is 6.92 Å². The molecule has 0 saturated carbocycles. The standard InChI is InChI=1S/C21H21N2S/c1-14-9-10-18-20(19(14)16-13-22-11-12-23(16)4)21(2,3)15-7-5-6-8-17(15)24-18/h5-13H,1-4H3/q+1. The van der Waals surface area contributed by atoms with Gasteiger partial charge in [-0.3, -0.25) is 4.98 Å². The van der Waals surface area contributed by atoms with Crippen molar-refractivity contribution in [3.05, 3.63) is 71.7 Å². The van der Waals surface area contributed by atoms with Gasteiger partial charge in [0.2, 0.25) is 5.69 Å². The molecule has 0 aliphatic carbocycles. The van der Waals surface area contributed by atoms with Gasteiger partial charge < -0.3 is 0 Å². The highest BCUT2D eigenvalue weighted by Crippen LogP contribution is 2.52. The van der Waals surface area contributed by atoms with Gasteiger partial charge in [-0.1, -0.05) is 49.9 Å². The quantitative estimate of drug-likeness (QED) is 0.602. The number of hydrogen-bond donors (Lipinski definition) is 0. The highest BCUT2D eigenvalue weighted by Gasteiger charge is 2.37. The molecule has 2 nitrogen and oxygen atoms in total. The summed E-state index contributed by atoms with van der Waals surface area (Å²) in [5.74, 6) is 0. The Kier molecular flexibility index (Phi) is 3.50. The first-order valence-corrected chi connectivity index (χ1v) is 9.03. The predicted octanol–water partition coefficient (Wildman–Crippen LogP) is 4.67. The third-order valence-corrected chi connectivity index (χ3v) is 6.13. The number of nitrogens with zero attached hydrogens (tertiary/aromatic N) is 2. The van der Waals surface area contributed by atoms with Gasteiger partial charge in [0.1, 0.15) is 7.05 Å². The van der Waals surface area contributed by atoms with Crippen LogP contribution in [-0.4, -0.2) is 4.98 Å². The Labute approximate surface area is 147 Å². The number of aryl methyl sites for hydroxylation is 2. The summed E-state index contributed by atoms with van der Waals surface area (Å²) in [6.07, 6.45) is 5.83. The lowest BCUT2D eigenvalue weighted by Crippen LogP contribution is -2.33. The van der Waals surface area contributed by atoms with Crippen LogP contribution in [0.3, 0.4) is 0 Å². The van der Waals surface area contributed by atoms with Gasteiger partial charge in [0.15, 0.2) is 6.20 Å². The summed E-state index contributed by atoms with van der Waals surface area (Å²) in [7, 11) is 2.09. The van der Waals surface area contributed by atoms with Crippen LogP contribution >= 0.6 is 11.8 Å². The zero-order chi connectivity index (χ0) is 16.9. The summed E-state index contributed by atoms with van der Waals surface area (Å²) in [6.45, 7) is 6.87. The normalized spacial score (nSPS) is 14.8. The maximum Gasteiger partial charge on any atom is 0.231 e. The minimum absolute atomic E-state index is 0.0403. The van der Waals surface area contributed by atoms with Crippen molar-refractivity contribution < 1.29 is 4.57 Å². The first-order valence-electron chi connectivity index (χ1n) is 8.21. The molecule has 0 unspecified atom stereocenters. The van der Waals surface area contributed by atoms with Gasteiger partial charge >= 0.3 is 0 Å². The molecule has 0 fully saturated rings. The van der Waals surface area contributed by atoms with E-state index in [-0.39, 0.29) is 5.41 Å². The van der Waals surface area contributed by atoms with Crippen LogP contribution in [0.25, 0.3) is 11.3 Å². The highest BCUT2D eigenvalue weighted by molar-refractivity contribution is 7.99. The average molecular weight is 333 g/mol. The van der Waals surface area contributed by atoms with E-state index in [0.717, 1.165) is 0 Å². The molecule has 24 heavy (non-hydrogen) atoms. The molecule has 1 aromatic heterocycles. The van der Waals surface area contributed by atoms with E-state index in [1.54, 1.807) is 0 Å². The van der Waals surface area contributed by atoms with Crippen molar-refractivity contribution >= 4 is 11.8 Å². The molecule has 0 bridgehead atoms. The van der Waals surface area contributed by atoms with E-state index < -0.39 is 0 Å². The van der Waals surface area contributed by atoms with Crippen molar-refractivity contribution in [3.8, 4) is 11.3 Å². The van der Waals surface area contributed by atoms with Crippen molar-refractivity contribution in [2.75, 3.05) is 0 Å². The predicted molar refractivity (Wildman–Crippen MR) is 98.3 cm³/mol. The van der Waals surface area contributed by atoms with Crippen LogP contribution in [0.4, 0.5) is 0 Å². The van der Waals surface area contributed by atoms with Crippen molar-refractivity contribution in [1.82, 2.24) is 4.98 Å². The summed E-state index contributed by atoms with van der Waals surface area (Å²) < 4.78 is 2.16. The number of rotatable bonds is 1. The Morgan fingerprint density at radius 2 is 1.83 bits per heavy atom. The third kappa shape index (κ3) is 2.19. The lowest BCUT2D eigenvalue weighted by Gasteiger charge is -2.36. The SMILES string of the molecule is Cc1ccc2c(c1-c1cncc[n+]1C)C(C)(C)c1ccccc1S2. The topological polar surface area (TPSA) is 16.8 Å². The third-order valence-electron chi connectivity index (χ3n) is 4.99. The van der Waals surface area contributed by atoms with E-state index in [0.29, 0.717) is 0 Å². The number of fused-ring (bicyclic) bond motifs is 2. The summed E-state index contributed by atoms with van der Waals surface area (Å²) >= 11 is 1.88. The number of hydrogen-bond acceptors (Lipinski definition) is 2. The fourth-order valence-electron chi connectivity index (χ4n) is 3.71. The van der Waals surface area contributed by atoms with Crippen LogP contribution in [-0.2, 0) is 12.5 Å². The van der Waals surface area contributed by atoms with E-state index in [1.807, 2.05) is 30.4 Å². The Hall–Kier alpha value is -2.13. The first kappa shape index (κ1) is 15.4. The maximum absolute atomic E-state index is 4.38. The fraction of sp³-hybridized carbons (Fsp3) is 0.238. The molecule has 0 radical (unpaired) electrons. The van der Waals surface area contributed by atoms with Crippen molar-refractivity contribution in [2.45, 2.75) is 36.0 Å². The summed E-state index contributed by atoms with van der Waals surface area (Å²) in [5, 5.41) is 0. The lowest BCUT2D eigenvalue weighted by atomic mass is 9.74. The number of aromatic nitrogens is 2. The molecule has 0 saturated heterocycles. The zero-order valence-corrected chi connectivity index (χ0v) is 15.3. The summed E-state index contributed by atoms with van der Waals surface area (Å²) in [4.78, 5) is 7.09. The molecular weight excluding hydrogens is 312 g/mol. The summed E-state index contributed by atoms with van der Waals surface area (Å²) in [5.41, 5.74) is 6.55. The highest BCUT2D eigenvalue weighted by atomic mass is 32.2. The molecule has 1 aliphatic heterocycles. The van der Waals surface area contributed by atoms with E-state index in [4.69, 9.17) is 0 Å². The number of benzene rings is 2. The second-order valence-electron chi connectivity index (χ2n) is 6.93. The molecule has 4 rings (SSSR count). The minimum atomic E-state index is -0.0403. The molecule has 0 atom stereocenters. The van der Waals surface area contributed by atoms with Gasteiger partial charge in [0, 0.05) is 15.2 Å². The van der Waals surface area contributed by atoms with Crippen LogP contribution < -0.4 is 4.57 Å². The zero-order valence-electron chi connectivity index (χ0n) is 14.5. The average Bonchev–Trinajstić information content (AvgIpc) is 2.56. The molecule has 120 valence electrons. The van der Waals surface area contributed by atoms with E-state index in [1.165, 1.54) is 37.7 Å². The van der Waals surface area contributed by atoms with Gasteiger partial charge in [0.05, 0.1) is 18.0 Å². The molecule has 3 aromatic rings. The van der Waals surface area contributed by atoms with Gasteiger partial charge in [0.25, 0.3) is 0 Å². The largest absolute Gasteiger partial charge is 0.252 e. The maximum atomic E-state index is 4.38. The molecule has 3 heteroatoms. The summed E-state index contributed by atoms with van der Waals surface area (Å²) in [6, 6.07) is 13.3. The second kappa shape index (κ2) is 5.45. The Bertz CT molecular complexity index is 944. The van der Waals surface area contributed by atoms with Gasteiger partial charge in [-0.25, -0.2) is 0 Å². The van der Waals surface area contributed by atoms with Gasteiger partial charge in [-0.05, 0) is 35.7 Å². The van der Waals surface area contributed by atoms with E-state index in [2.05, 4.69) is 73.8 Å². The van der Waals surface area contributed by atoms with Crippen LogP contribution in [0.15, 0.2) is 64.8 Å². The fourth-order valence-corrected chi connectivity index (χ4v) is 5.12. The Morgan fingerprint density at radius 3 is 2.62 bits per heavy atom. The lowest BCUT2D eigenvalue weighted by molar-refractivity contribution is -0.661. The van der Waals surface area contributed by atoms with Crippen molar-refractivity contribution in [2.24, 2.45) is 7.05 Å². The molecular formula is C21H21N2S+. The first-order chi connectivity index (χ1) is 11.5. The smallest absolute Gasteiger partial charge is 0.231 e. The Balaban J connectivity index is 2.06. The van der Waals surface area contributed by atoms with Crippen LogP contribution in [0.2, 0.25) is 0 Å². The molecule has 2 heterocycles. The molecule has 0 N–H and O–H groups in total. The van der Waals surface area contributed by atoms with Crippen molar-refractivity contribution in [1.29, 1.82) is 0 Å². The van der Waals surface area contributed by atoms with Gasteiger partial charge in [-0.2, -0.15) is 4.57 Å². The molecule has 2 aromatic carbocycles. The molecule has 1 aliphatic rings. The molecule has 0 amide bonds. The monoisotopic (exact) mass is 333 g/mol. The van der Waals surface area contributed by atoms with E-state index in [9.17, 15) is 0 Å². The Morgan fingerprint density at radius 1 is 1.04 bits per heavy atom. The van der Waals surface area contributed by atoms with Gasteiger partial charge in [-0.15, -0.1) is 0 Å². The van der Waals surface area contributed by atoms with E-state index >= 15 is 0 Å². The van der Waals surface area contributed by atoms with Crippen LogP contribution in [0.1, 0.15) is 30.5 Å². The molecule has 0 spiro atoms. The van der Waals surface area contributed by atoms with Crippen molar-refractivity contribution in [3.63, 3.8) is 0 Å².